The number of benzene rings is 6. The SMILES string of the molecule is [2H]c1c([2H])c([2H])c2c(c1[2H])c1c3oc4ccccc4c3c([2H])c([2H])c1n2-c1ccccc1-c1nc(-c2ccccc2)nc(-c2ccccc2)n1. The van der Waals surface area contributed by atoms with E-state index < -0.39 is 12.1 Å². The van der Waals surface area contributed by atoms with Crippen LogP contribution < -0.4 is 0 Å². The van der Waals surface area contributed by atoms with Crippen LogP contribution in [0.4, 0.5) is 0 Å². The van der Waals surface area contributed by atoms with Crippen molar-refractivity contribution in [3.8, 4) is 39.9 Å². The highest BCUT2D eigenvalue weighted by Gasteiger charge is 2.21. The molecule has 0 aliphatic heterocycles. The van der Waals surface area contributed by atoms with Crippen molar-refractivity contribution in [2.45, 2.75) is 0 Å². The number of nitrogens with zero attached hydrogens (tertiary/aromatic N) is 4. The molecule has 0 fully saturated rings. The lowest BCUT2D eigenvalue weighted by atomic mass is 10.1. The average Bonchev–Trinajstić information content (AvgIpc) is 3.73. The Morgan fingerprint density at radius 2 is 1.16 bits per heavy atom. The Hall–Kier alpha value is -6.07. The Bertz CT molecular complexity index is 2780. The van der Waals surface area contributed by atoms with E-state index in [-0.39, 0.29) is 46.2 Å². The van der Waals surface area contributed by atoms with Crippen molar-refractivity contribution in [1.29, 1.82) is 0 Å². The Balaban J connectivity index is 1.44. The standard InChI is InChI=1S/C39H24N4O/c1-3-13-25(14-4-1)37-40-38(26-15-5-2-6-16-26)42-39(41-37)30-19-8-11-21-32(30)43-31-20-10-7-18-29(31)35-33(43)24-23-28-27-17-9-12-22-34(27)44-36(28)35/h1-24H/i7D,10D,18D,20D,23D,24D. The first-order chi connectivity index (χ1) is 24.3. The summed E-state index contributed by atoms with van der Waals surface area (Å²) in [5.74, 6) is 1.23. The molecule has 0 saturated carbocycles. The summed E-state index contributed by atoms with van der Waals surface area (Å²) in [6.45, 7) is 0. The van der Waals surface area contributed by atoms with Gasteiger partial charge in [-0.05, 0) is 36.3 Å². The van der Waals surface area contributed by atoms with Crippen molar-refractivity contribution in [1.82, 2.24) is 19.5 Å². The van der Waals surface area contributed by atoms with Gasteiger partial charge in [0, 0.05) is 32.8 Å². The molecule has 6 aromatic carbocycles. The molecule has 3 heterocycles. The van der Waals surface area contributed by atoms with Crippen molar-refractivity contribution < 1.29 is 12.6 Å². The van der Waals surface area contributed by atoms with Gasteiger partial charge in [0.1, 0.15) is 11.2 Å². The van der Waals surface area contributed by atoms with E-state index in [0.717, 1.165) is 11.1 Å². The molecule has 206 valence electrons. The molecule has 0 atom stereocenters. The predicted octanol–water partition coefficient (Wildman–Crippen LogP) is 9.87. The summed E-state index contributed by atoms with van der Waals surface area (Å²) in [6.07, 6.45) is 0. The summed E-state index contributed by atoms with van der Waals surface area (Å²) in [6, 6.07) is 32.1. The molecule has 0 spiro atoms. The molecule has 9 aromatic rings. The zero-order valence-corrected chi connectivity index (χ0v) is 23.1. The summed E-state index contributed by atoms with van der Waals surface area (Å²) >= 11 is 0. The van der Waals surface area contributed by atoms with Crippen LogP contribution in [0.25, 0.3) is 83.6 Å². The van der Waals surface area contributed by atoms with Crippen molar-refractivity contribution in [3.05, 3.63) is 145 Å². The molecular formula is C39H24N4O. The fourth-order valence-corrected chi connectivity index (χ4v) is 5.83. The minimum Gasteiger partial charge on any atom is -0.455 e. The summed E-state index contributed by atoms with van der Waals surface area (Å²) < 4.78 is 62.1. The molecule has 5 heteroatoms. The Kier molecular flexibility index (Phi) is 4.25. The quantitative estimate of drug-likeness (QED) is 0.211. The second-order valence-corrected chi connectivity index (χ2v) is 10.4. The summed E-state index contributed by atoms with van der Waals surface area (Å²) in [5, 5.41) is 1.59. The van der Waals surface area contributed by atoms with Gasteiger partial charge in [0.25, 0.3) is 0 Å². The van der Waals surface area contributed by atoms with Crippen LogP contribution in [0.1, 0.15) is 8.22 Å². The number of para-hydroxylation sites is 3. The maximum absolute atomic E-state index is 9.42. The maximum Gasteiger partial charge on any atom is 0.166 e. The van der Waals surface area contributed by atoms with E-state index in [1.54, 1.807) is 16.7 Å². The fraction of sp³-hybridized carbons (Fsp3) is 0. The smallest absolute Gasteiger partial charge is 0.166 e. The molecule has 0 aliphatic rings. The number of fused-ring (bicyclic) bond motifs is 7. The van der Waals surface area contributed by atoms with Gasteiger partial charge in [-0.15, -0.1) is 0 Å². The molecule has 0 saturated heterocycles. The second-order valence-electron chi connectivity index (χ2n) is 10.4. The molecule has 0 unspecified atom stereocenters. The summed E-state index contributed by atoms with van der Waals surface area (Å²) in [4.78, 5) is 14.7. The van der Waals surface area contributed by atoms with Crippen molar-refractivity contribution >= 4 is 43.7 Å². The van der Waals surface area contributed by atoms with Gasteiger partial charge in [0.15, 0.2) is 17.5 Å². The molecule has 0 N–H and O–H groups in total. The topological polar surface area (TPSA) is 56.7 Å². The number of furan rings is 1. The van der Waals surface area contributed by atoms with Crippen LogP contribution in [0.3, 0.4) is 0 Å². The van der Waals surface area contributed by atoms with Crippen LogP contribution in [0.15, 0.2) is 150 Å². The molecular weight excluding hydrogens is 540 g/mol. The van der Waals surface area contributed by atoms with Gasteiger partial charge in [-0.1, -0.05) is 109 Å². The van der Waals surface area contributed by atoms with E-state index in [4.69, 9.17) is 24.9 Å². The normalized spacial score (nSPS) is 13.5. The zero-order chi connectivity index (χ0) is 34.3. The van der Waals surface area contributed by atoms with E-state index in [2.05, 4.69) is 0 Å². The predicted molar refractivity (Wildman–Crippen MR) is 178 cm³/mol. The van der Waals surface area contributed by atoms with Gasteiger partial charge >= 0.3 is 0 Å². The first-order valence-corrected chi connectivity index (χ1v) is 14.1. The molecule has 0 radical (unpaired) electrons. The van der Waals surface area contributed by atoms with E-state index >= 15 is 0 Å². The number of hydrogen-bond donors (Lipinski definition) is 0. The Morgan fingerprint density at radius 3 is 1.93 bits per heavy atom. The highest BCUT2D eigenvalue weighted by Crippen LogP contribution is 2.41. The van der Waals surface area contributed by atoms with Crippen molar-refractivity contribution in [3.63, 3.8) is 0 Å². The first kappa shape index (κ1) is 19.2. The molecule has 5 nitrogen and oxygen atoms in total. The van der Waals surface area contributed by atoms with E-state index in [1.807, 2.05) is 97.1 Å². The third-order valence-corrected chi connectivity index (χ3v) is 7.82. The van der Waals surface area contributed by atoms with Crippen LogP contribution >= 0.6 is 0 Å². The van der Waals surface area contributed by atoms with Crippen molar-refractivity contribution in [2.75, 3.05) is 0 Å². The van der Waals surface area contributed by atoms with Crippen LogP contribution in [0.2, 0.25) is 0 Å². The number of hydrogen-bond acceptors (Lipinski definition) is 4. The molecule has 3 aromatic heterocycles. The van der Waals surface area contributed by atoms with E-state index in [0.29, 0.717) is 50.5 Å². The average molecular weight is 571 g/mol. The first-order valence-electron chi connectivity index (χ1n) is 17.1. The zero-order valence-electron chi connectivity index (χ0n) is 29.1. The monoisotopic (exact) mass is 570 g/mol. The van der Waals surface area contributed by atoms with Gasteiger partial charge in [-0.2, -0.15) is 0 Å². The summed E-state index contributed by atoms with van der Waals surface area (Å²) in [5.41, 5.74) is 3.74. The second kappa shape index (κ2) is 9.75. The maximum atomic E-state index is 9.42. The molecule has 0 aliphatic carbocycles. The lowest BCUT2D eigenvalue weighted by Crippen LogP contribution is -2.03. The fourth-order valence-electron chi connectivity index (χ4n) is 5.83. The minimum atomic E-state index is -0.416. The van der Waals surface area contributed by atoms with Gasteiger partial charge in [-0.3, -0.25) is 0 Å². The lowest BCUT2D eigenvalue weighted by molar-refractivity contribution is 0.673. The third-order valence-electron chi connectivity index (χ3n) is 7.82. The van der Waals surface area contributed by atoms with Gasteiger partial charge in [-0.25, -0.2) is 15.0 Å². The number of rotatable bonds is 4. The molecule has 44 heavy (non-hydrogen) atoms. The van der Waals surface area contributed by atoms with E-state index in [9.17, 15) is 2.74 Å². The van der Waals surface area contributed by atoms with Crippen LogP contribution in [-0.2, 0) is 0 Å². The third kappa shape index (κ3) is 3.76. The van der Waals surface area contributed by atoms with E-state index in [1.165, 1.54) is 0 Å². The van der Waals surface area contributed by atoms with Crippen LogP contribution in [0.5, 0.6) is 0 Å². The molecule has 9 rings (SSSR count). The Morgan fingerprint density at radius 1 is 0.523 bits per heavy atom. The molecule has 0 bridgehead atoms. The largest absolute Gasteiger partial charge is 0.455 e. The van der Waals surface area contributed by atoms with Crippen molar-refractivity contribution in [2.24, 2.45) is 0 Å². The highest BCUT2D eigenvalue weighted by atomic mass is 16.3. The highest BCUT2D eigenvalue weighted by molar-refractivity contribution is 6.24. The van der Waals surface area contributed by atoms with Crippen LogP contribution in [0, 0.1) is 0 Å². The minimum absolute atomic E-state index is 0.0767. The van der Waals surface area contributed by atoms with Crippen LogP contribution in [-0.4, -0.2) is 19.5 Å². The van der Waals surface area contributed by atoms with Gasteiger partial charge < -0.3 is 8.98 Å². The lowest BCUT2D eigenvalue weighted by Gasteiger charge is -2.14. The van der Waals surface area contributed by atoms with Gasteiger partial charge in [0.05, 0.1) is 30.3 Å². The number of aromatic nitrogens is 4. The van der Waals surface area contributed by atoms with Gasteiger partial charge in [0.2, 0.25) is 0 Å². The summed E-state index contributed by atoms with van der Waals surface area (Å²) in [7, 11) is 0. The molecule has 0 amide bonds. The Labute approximate surface area is 261 Å².